The molecular weight excluding hydrogens is 236 g/mol. The first-order chi connectivity index (χ1) is 8.51. The summed E-state index contributed by atoms with van der Waals surface area (Å²) in [6.07, 6.45) is 0. The minimum Gasteiger partial charge on any atom is -0.308 e. The Labute approximate surface area is 104 Å². The van der Waals surface area contributed by atoms with Crippen LogP contribution in [0.15, 0.2) is 24.3 Å². The van der Waals surface area contributed by atoms with E-state index in [1.165, 1.54) is 12.1 Å². The van der Waals surface area contributed by atoms with E-state index in [0.29, 0.717) is 5.56 Å². The average molecular weight is 251 g/mol. The number of nitrogens with zero attached hydrogens (tertiary/aromatic N) is 2. The van der Waals surface area contributed by atoms with E-state index < -0.39 is 11.6 Å². The fourth-order valence-electron chi connectivity index (χ4n) is 1.96. The van der Waals surface area contributed by atoms with Gasteiger partial charge >= 0.3 is 0 Å². The summed E-state index contributed by atoms with van der Waals surface area (Å²) in [5.74, 6) is -1.17. The zero-order valence-corrected chi connectivity index (χ0v) is 10.5. The topological polar surface area (TPSA) is 29.9 Å². The third kappa shape index (κ3) is 2.41. The molecule has 3 nitrogen and oxygen atoms in total. The fraction of sp³-hybridized carbons (Fsp3) is 0.308. The van der Waals surface area contributed by atoms with Gasteiger partial charge in [-0.15, -0.1) is 0 Å². The van der Waals surface area contributed by atoms with E-state index in [9.17, 15) is 8.78 Å². The maximum absolute atomic E-state index is 13.2. The summed E-state index contributed by atoms with van der Waals surface area (Å²) in [6, 6.07) is 5.06. The molecule has 2 rings (SSSR count). The first-order valence-corrected chi connectivity index (χ1v) is 5.65. The number of benzene rings is 1. The Morgan fingerprint density at radius 1 is 1.17 bits per heavy atom. The quantitative estimate of drug-likeness (QED) is 0.907. The largest absolute Gasteiger partial charge is 0.308 e. The molecule has 0 aliphatic carbocycles. The van der Waals surface area contributed by atoms with Gasteiger partial charge in [-0.2, -0.15) is 5.10 Å². The van der Waals surface area contributed by atoms with Crippen LogP contribution in [0.3, 0.4) is 0 Å². The van der Waals surface area contributed by atoms with Gasteiger partial charge in [0, 0.05) is 18.8 Å². The molecule has 1 unspecified atom stereocenters. The van der Waals surface area contributed by atoms with Gasteiger partial charge in [-0.3, -0.25) is 4.68 Å². The van der Waals surface area contributed by atoms with Crippen LogP contribution in [0.5, 0.6) is 0 Å². The molecule has 0 saturated heterocycles. The number of halogens is 2. The van der Waals surface area contributed by atoms with Crippen LogP contribution in [0.1, 0.15) is 23.0 Å². The fourth-order valence-corrected chi connectivity index (χ4v) is 1.96. The summed E-state index contributed by atoms with van der Waals surface area (Å²) >= 11 is 0. The van der Waals surface area contributed by atoms with Crippen LogP contribution < -0.4 is 5.32 Å². The third-order valence-corrected chi connectivity index (χ3v) is 2.94. The molecule has 1 N–H and O–H groups in total. The maximum Gasteiger partial charge on any atom is 0.126 e. The second-order valence-corrected chi connectivity index (χ2v) is 4.26. The lowest BCUT2D eigenvalue weighted by Gasteiger charge is -2.14. The predicted octanol–water partition coefficient (Wildman–Crippen LogP) is 2.32. The molecule has 0 amide bonds. The molecule has 1 aromatic heterocycles. The Bertz CT molecular complexity index is 524. The summed E-state index contributed by atoms with van der Waals surface area (Å²) < 4.78 is 28.2. The number of rotatable bonds is 3. The molecule has 0 bridgehead atoms. The normalized spacial score (nSPS) is 12.7. The highest BCUT2D eigenvalue weighted by atomic mass is 19.1. The van der Waals surface area contributed by atoms with Crippen molar-refractivity contribution in [2.45, 2.75) is 13.0 Å². The van der Waals surface area contributed by atoms with Crippen molar-refractivity contribution in [1.82, 2.24) is 15.1 Å². The average Bonchev–Trinajstić information content (AvgIpc) is 2.58. The van der Waals surface area contributed by atoms with Crippen molar-refractivity contribution >= 4 is 0 Å². The summed E-state index contributed by atoms with van der Waals surface area (Å²) in [7, 11) is 3.56. The van der Waals surface area contributed by atoms with Gasteiger partial charge in [0.25, 0.3) is 0 Å². The molecule has 0 radical (unpaired) electrons. The Morgan fingerprint density at radius 2 is 1.78 bits per heavy atom. The molecule has 0 saturated carbocycles. The van der Waals surface area contributed by atoms with Crippen molar-refractivity contribution in [2.75, 3.05) is 7.05 Å². The van der Waals surface area contributed by atoms with E-state index in [-0.39, 0.29) is 6.04 Å². The van der Waals surface area contributed by atoms with Gasteiger partial charge in [0.1, 0.15) is 11.6 Å². The number of hydrogen-bond acceptors (Lipinski definition) is 2. The molecule has 0 spiro atoms. The highest BCUT2D eigenvalue weighted by Gasteiger charge is 2.17. The SMILES string of the molecule is CNC(c1cc(F)cc(F)c1)c1cc(C)n(C)n1. The van der Waals surface area contributed by atoms with E-state index >= 15 is 0 Å². The highest BCUT2D eigenvalue weighted by Crippen LogP contribution is 2.22. The van der Waals surface area contributed by atoms with Crippen LogP contribution in [-0.2, 0) is 7.05 Å². The van der Waals surface area contributed by atoms with Crippen molar-refractivity contribution in [1.29, 1.82) is 0 Å². The maximum atomic E-state index is 13.2. The number of aryl methyl sites for hydroxylation is 2. The van der Waals surface area contributed by atoms with E-state index in [1.54, 1.807) is 11.7 Å². The van der Waals surface area contributed by atoms with Crippen molar-refractivity contribution < 1.29 is 8.78 Å². The molecule has 2 aromatic rings. The van der Waals surface area contributed by atoms with Gasteiger partial charge in [-0.05, 0) is 37.7 Å². The second kappa shape index (κ2) is 4.86. The lowest BCUT2D eigenvalue weighted by atomic mass is 10.0. The van der Waals surface area contributed by atoms with Crippen LogP contribution in [0.2, 0.25) is 0 Å². The van der Waals surface area contributed by atoms with E-state index in [1.807, 2.05) is 20.0 Å². The van der Waals surface area contributed by atoms with Gasteiger partial charge in [-0.25, -0.2) is 8.78 Å². The van der Waals surface area contributed by atoms with E-state index in [4.69, 9.17) is 0 Å². The van der Waals surface area contributed by atoms with Gasteiger partial charge in [0.05, 0.1) is 11.7 Å². The molecule has 0 fully saturated rings. The number of nitrogens with one attached hydrogen (secondary N) is 1. The molecule has 1 aromatic carbocycles. The molecule has 96 valence electrons. The minimum absolute atomic E-state index is 0.324. The zero-order chi connectivity index (χ0) is 13.3. The van der Waals surface area contributed by atoms with Crippen LogP contribution in [0.25, 0.3) is 0 Å². The van der Waals surface area contributed by atoms with Crippen LogP contribution in [0.4, 0.5) is 8.78 Å². The number of aromatic nitrogens is 2. The summed E-state index contributed by atoms with van der Waals surface area (Å²) in [5, 5.41) is 7.35. The summed E-state index contributed by atoms with van der Waals surface area (Å²) in [5.41, 5.74) is 2.25. The Hall–Kier alpha value is -1.75. The summed E-state index contributed by atoms with van der Waals surface area (Å²) in [4.78, 5) is 0. The second-order valence-electron chi connectivity index (χ2n) is 4.26. The summed E-state index contributed by atoms with van der Waals surface area (Å²) in [6.45, 7) is 1.93. The highest BCUT2D eigenvalue weighted by molar-refractivity contribution is 5.29. The Morgan fingerprint density at radius 3 is 2.22 bits per heavy atom. The smallest absolute Gasteiger partial charge is 0.126 e. The molecule has 1 heterocycles. The lowest BCUT2D eigenvalue weighted by Crippen LogP contribution is -2.18. The lowest BCUT2D eigenvalue weighted by molar-refractivity contribution is 0.568. The van der Waals surface area contributed by atoms with Crippen LogP contribution in [0, 0.1) is 18.6 Å². The van der Waals surface area contributed by atoms with Crippen LogP contribution >= 0.6 is 0 Å². The first kappa shape index (κ1) is 12.7. The number of hydrogen-bond donors (Lipinski definition) is 1. The Kier molecular flexibility index (Phi) is 3.43. The predicted molar refractivity (Wildman–Crippen MR) is 65.2 cm³/mol. The zero-order valence-electron chi connectivity index (χ0n) is 10.5. The van der Waals surface area contributed by atoms with Crippen LogP contribution in [-0.4, -0.2) is 16.8 Å². The molecule has 18 heavy (non-hydrogen) atoms. The molecular formula is C13H15F2N3. The van der Waals surface area contributed by atoms with Gasteiger partial charge < -0.3 is 5.32 Å². The van der Waals surface area contributed by atoms with Crippen molar-refractivity contribution in [3.63, 3.8) is 0 Å². The van der Waals surface area contributed by atoms with Crippen molar-refractivity contribution in [3.05, 3.63) is 52.9 Å². The van der Waals surface area contributed by atoms with Crippen molar-refractivity contribution in [2.24, 2.45) is 7.05 Å². The van der Waals surface area contributed by atoms with Gasteiger partial charge in [-0.1, -0.05) is 0 Å². The molecule has 0 aliphatic rings. The van der Waals surface area contributed by atoms with Gasteiger partial charge in [0.15, 0.2) is 0 Å². The molecule has 0 aliphatic heterocycles. The minimum atomic E-state index is -0.585. The molecule has 1 atom stereocenters. The monoisotopic (exact) mass is 251 g/mol. The molecule has 5 heteroatoms. The van der Waals surface area contributed by atoms with Crippen molar-refractivity contribution in [3.8, 4) is 0 Å². The van der Waals surface area contributed by atoms with E-state index in [0.717, 1.165) is 17.5 Å². The standard InChI is InChI=1S/C13H15F2N3/c1-8-4-12(17-18(8)3)13(16-2)9-5-10(14)7-11(15)6-9/h4-7,13,16H,1-3H3. The first-order valence-electron chi connectivity index (χ1n) is 5.65. The Balaban J connectivity index is 2.44. The van der Waals surface area contributed by atoms with Gasteiger partial charge in [0.2, 0.25) is 0 Å². The van der Waals surface area contributed by atoms with E-state index in [2.05, 4.69) is 10.4 Å². The third-order valence-electron chi connectivity index (χ3n) is 2.94.